The molecule has 126 valence electrons. The van der Waals surface area contributed by atoms with Gasteiger partial charge in [-0.1, -0.05) is 6.07 Å². The van der Waals surface area contributed by atoms with E-state index in [9.17, 15) is 18.4 Å². The van der Waals surface area contributed by atoms with Gasteiger partial charge in [-0.2, -0.15) is 0 Å². The zero-order valence-corrected chi connectivity index (χ0v) is 13.2. The van der Waals surface area contributed by atoms with Crippen LogP contribution in [-0.4, -0.2) is 18.4 Å². The Morgan fingerprint density at radius 2 is 1.75 bits per heavy atom. The summed E-state index contributed by atoms with van der Waals surface area (Å²) in [7, 11) is 0. The maximum absolute atomic E-state index is 13.4. The van der Waals surface area contributed by atoms with Crippen molar-refractivity contribution in [2.75, 3.05) is 6.61 Å². The van der Waals surface area contributed by atoms with Crippen molar-refractivity contribution in [3.05, 3.63) is 64.7 Å². The van der Waals surface area contributed by atoms with E-state index in [1.807, 2.05) is 25.3 Å². The first-order valence-corrected chi connectivity index (χ1v) is 7.11. The molecule has 2 amide bonds. The molecule has 0 unspecified atom stereocenters. The molecule has 0 aliphatic rings. The van der Waals surface area contributed by atoms with Crippen LogP contribution in [0, 0.1) is 25.5 Å². The summed E-state index contributed by atoms with van der Waals surface area (Å²) in [4.78, 5) is 23.3. The SMILES string of the molecule is Cc1ccc(OCC(=O)NNC(=O)c2ccc(F)cc2F)cc1C. The fourth-order valence-corrected chi connectivity index (χ4v) is 1.86. The summed E-state index contributed by atoms with van der Waals surface area (Å²) in [6.07, 6.45) is 0. The summed E-state index contributed by atoms with van der Waals surface area (Å²) in [6, 6.07) is 7.89. The van der Waals surface area contributed by atoms with Crippen LogP contribution in [0.15, 0.2) is 36.4 Å². The molecule has 0 aliphatic carbocycles. The number of aryl methyl sites for hydroxylation is 2. The summed E-state index contributed by atoms with van der Waals surface area (Å²) in [5.41, 5.74) is 5.87. The van der Waals surface area contributed by atoms with Crippen molar-refractivity contribution in [1.82, 2.24) is 10.9 Å². The van der Waals surface area contributed by atoms with Gasteiger partial charge >= 0.3 is 0 Å². The molecule has 0 radical (unpaired) electrons. The van der Waals surface area contributed by atoms with E-state index in [-0.39, 0.29) is 12.2 Å². The van der Waals surface area contributed by atoms with E-state index in [4.69, 9.17) is 4.74 Å². The van der Waals surface area contributed by atoms with Crippen molar-refractivity contribution >= 4 is 11.8 Å². The summed E-state index contributed by atoms with van der Waals surface area (Å²) in [5.74, 6) is -2.82. The Balaban J connectivity index is 1.84. The molecule has 7 heteroatoms. The Kier molecular flexibility index (Phi) is 5.47. The molecule has 0 aliphatic heterocycles. The first kappa shape index (κ1) is 17.4. The average Bonchev–Trinajstić information content (AvgIpc) is 2.53. The third-order valence-corrected chi connectivity index (χ3v) is 3.34. The number of nitrogens with one attached hydrogen (secondary N) is 2. The number of benzene rings is 2. The Morgan fingerprint density at radius 3 is 2.42 bits per heavy atom. The van der Waals surface area contributed by atoms with E-state index < -0.39 is 23.4 Å². The van der Waals surface area contributed by atoms with Crippen LogP contribution < -0.4 is 15.6 Å². The predicted octanol–water partition coefficient (Wildman–Crippen LogP) is 2.42. The number of carbonyl (C=O) groups excluding carboxylic acids is 2. The fraction of sp³-hybridized carbons (Fsp3) is 0.176. The second-order valence-corrected chi connectivity index (χ2v) is 5.16. The number of carbonyl (C=O) groups is 2. The lowest BCUT2D eigenvalue weighted by Gasteiger charge is -2.10. The van der Waals surface area contributed by atoms with E-state index in [1.165, 1.54) is 0 Å². The van der Waals surface area contributed by atoms with Gasteiger partial charge in [0.2, 0.25) is 0 Å². The van der Waals surface area contributed by atoms with Crippen LogP contribution in [0.3, 0.4) is 0 Å². The molecule has 0 aromatic heterocycles. The third kappa shape index (κ3) is 4.52. The van der Waals surface area contributed by atoms with E-state index in [0.717, 1.165) is 23.3 Å². The number of halogens is 2. The van der Waals surface area contributed by atoms with Gasteiger partial charge in [0.15, 0.2) is 6.61 Å². The first-order valence-electron chi connectivity index (χ1n) is 7.11. The van der Waals surface area contributed by atoms with Crippen LogP contribution in [0.5, 0.6) is 5.75 Å². The highest BCUT2D eigenvalue weighted by Gasteiger charge is 2.13. The highest BCUT2D eigenvalue weighted by Crippen LogP contribution is 2.16. The highest BCUT2D eigenvalue weighted by atomic mass is 19.1. The van der Waals surface area contributed by atoms with Gasteiger partial charge in [0.05, 0.1) is 5.56 Å². The van der Waals surface area contributed by atoms with Crippen LogP contribution in [0.2, 0.25) is 0 Å². The van der Waals surface area contributed by atoms with E-state index in [2.05, 4.69) is 5.43 Å². The zero-order chi connectivity index (χ0) is 17.7. The van der Waals surface area contributed by atoms with E-state index >= 15 is 0 Å². The van der Waals surface area contributed by atoms with Gasteiger partial charge in [0.1, 0.15) is 17.4 Å². The van der Waals surface area contributed by atoms with Gasteiger partial charge in [0.25, 0.3) is 11.8 Å². The van der Waals surface area contributed by atoms with Crippen LogP contribution in [0.25, 0.3) is 0 Å². The minimum Gasteiger partial charge on any atom is -0.484 e. The second-order valence-electron chi connectivity index (χ2n) is 5.16. The minimum absolute atomic E-state index is 0.325. The molecule has 0 saturated carbocycles. The molecule has 0 saturated heterocycles. The van der Waals surface area contributed by atoms with Gasteiger partial charge in [0, 0.05) is 6.07 Å². The van der Waals surface area contributed by atoms with Crippen LogP contribution in [-0.2, 0) is 4.79 Å². The number of hydrogen-bond acceptors (Lipinski definition) is 3. The lowest BCUT2D eigenvalue weighted by Crippen LogP contribution is -2.44. The smallest absolute Gasteiger partial charge is 0.276 e. The zero-order valence-electron chi connectivity index (χ0n) is 13.2. The van der Waals surface area contributed by atoms with Crippen molar-refractivity contribution in [3.63, 3.8) is 0 Å². The van der Waals surface area contributed by atoms with Crippen LogP contribution >= 0.6 is 0 Å². The summed E-state index contributed by atoms with van der Waals surface area (Å²) in [6.45, 7) is 3.55. The van der Waals surface area contributed by atoms with Crippen molar-refractivity contribution < 1.29 is 23.1 Å². The van der Waals surface area contributed by atoms with Gasteiger partial charge < -0.3 is 4.74 Å². The highest BCUT2D eigenvalue weighted by molar-refractivity contribution is 5.95. The molecule has 0 fully saturated rings. The molecule has 2 aromatic carbocycles. The maximum Gasteiger partial charge on any atom is 0.276 e. The monoisotopic (exact) mass is 334 g/mol. The Labute approximate surface area is 137 Å². The Bertz CT molecular complexity index is 778. The first-order chi connectivity index (χ1) is 11.4. The summed E-state index contributed by atoms with van der Waals surface area (Å²) in [5, 5.41) is 0. The number of rotatable bonds is 4. The average molecular weight is 334 g/mol. The molecule has 0 spiro atoms. The summed E-state index contributed by atoms with van der Waals surface area (Å²) < 4.78 is 31.5. The maximum atomic E-state index is 13.4. The normalized spacial score (nSPS) is 10.2. The number of amides is 2. The molecular weight excluding hydrogens is 318 g/mol. The molecule has 2 N–H and O–H groups in total. The number of hydrazine groups is 1. The predicted molar refractivity (Wildman–Crippen MR) is 83.4 cm³/mol. The molecule has 2 rings (SSSR count). The van der Waals surface area contributed by atoms with Crippen molar-refractivity contribution in [2.45, 2.75) is 13.8 Å². The number of hydrogen-bond donors (Lipinski definition) is 2. The third-order valence-electron chi connectivity index (χ3n) is 3.34. The van der Waals surface area contributed by atoms with Crippen LogP contribution in [0.1, 0.15) is 21.5 Å². The van der Waals surface area contributed by atoms with Gasteiger partial charge in [-0.15, -0.1) is 0 Å². The van der Waals surface area contributed by atoms with Crippen molar-refractivity contribution in [1.29, 1.82) is 0 Å². The topological polar surface area (TPSA) is 67.4 Å². The molecule has 0 heterocycles. The second kappa shape index (κ2) is 7.54. The standard InChI is InChI=1S/C17H16F2N2O3/c1-10-3-5-13(7-11(10)2)24-9-16(22)20-21-17(23)14-6-4-12(18)8-15(14)19/h3-8H,9H2,1-2H3,(H,20,22)(H,21,23). The van der Waals surface area contributed by atoms with Gasteiger partial charge in [-0.05, 0) is 49.2 Å². The Morgan fingerprint density at radius 1 is 1.00 bits per heavy atom. The molecule has 24 heavy (non-hydrogen) atoms. The van der Waals surface area contributed by atoms with Crippen LogP contribution in [0.4, 0.5) is 8.78 Å². The largest absolute Gasteiger partial charge is 0.484 e. The molecule has 0 atom stereocenters. The van der Waals surface area contributed by atoms with Gasteiger partial charge in [-0.3, -0.25) is 20.4 Å². The van der Waals surface area contributed by atoms with Crippen molar-refractivity contribution in [3.8, 4) is 5.75 Å². The lowest BCUT2D eigenvalue weighted by atomic mass is 10.1. The molecular formula is C17H16F2N2O3. The van der Waals surface area contributed by atoms with Crippen molar-refractivity contribution in [2.24, 2.45) is 0 Å². The molecule has 5 nitrogen and oxygen atoms in total. The molecule has 2 aromatic rings. The molecule has 0 bridgehead atoms. The fourth-order valence-electron chi connectivity index (χ4n) is 1.86. The van der Waals surface area contributed by atoms with E-state index in [0.29, 0.717) is 11.8 Å². The Hall–Kier alpha value is -2.96. The van der Waals surface area contributed by atoms with E-state index in [1.54, 1.807) is 12.1 Å². The lowest BCUT2D eigenvalue weighted by molar-refractivity contribution is -0.123. The van der Waals surface area contributed by atoms with Gasteiger partial charge in [-0.25, -0.2) is 8.78 Å². The quantitative estimate of drug-likeness (QED) is 0.844. The number of ether oxygens (including phenoxy) is 1. The summed E-state index contributed by atoms with van der Waals surface area (Å²) >= 11 is 0. The minimum atomic E-state index is -1.02.